The maximum atomic E-state index is 15.2. The molecule has 1 unspecified atom stereocenters. The number of para-hydroxylation sites is 1. The molecule has 33 heavy (non-hydrogen) atoms. The molecular weight excluding hydrogens is 454 g/mol. The number of aromatic nitrogens is 4. The lowest BCUT2D eigenvalue weighted by molar-refractivity contribution is -0.110. The lowest BCUT2D eigenvalue weighted by Gasteiger charge is -2.26. The zero-order valence-electron chi connectivity index (χ0n) is 17.7. The predicted molar refractivity (Wildman–Crippen MR) is 118 cm³/mol. The summed E-state index contributed by atoms with van der Waals surface area (Å²) in [6.07, 6.45) is -1.23. The lowest BCUT2D eigenvalue weighted by Crippen LogP contribution is -2.42. The minimum Gasteiger partial charge on any atom is -0.426 e. The van der Waals surface area contributed by atoms with Crippen molar-refractivity contribution in [2.45, 2.75) is 49.9 Å². The predicted octanol–water partition coefficient (Wildman–Crippen LogP) is 2.45. The highest BCUT2D eigenvalue weighted by molar-refractivity contribution is 7.33. The van der Waals surface area contributed by atoms with Gasteiger partial charge in [-0.05, 0) is 31.9 Å². The third-order valence-corrected chi connectivity index (χ3v) is 6.42. The highest BCUT2D eigenvalue weighted by Crippen LogP contribution is 2.42. The molecule has 2 aromatic heterocycles. The van der Waals surface area contributed by atoms with Gasteiger partial charge in [0.15, 0.2) is 29.4 Å². The number of halogens is 1. The molecule has 176 valence electrons. The van der Waals surface area contributed by atoms with Gasteiger partial charge < -0.3 is 25.4 Å². The van der Waals surface area contributed by atoms with Crippen LogP contribution >= 0.6 is 8.25 Å². The van der Waals surface area contributed by atoms with Crippen molar-refractivity contribution in [3.8, 4) is 5.75 Å². The number of fused-ring (bicyclic) bond motifs is 1. The van der Waals surface area contributed by atoms with Crippen LogP contribution in [-0.2, 0) is 13.8 Å². The molecule has 1 saturated carbocycles. The van der Waals surface area contributed by atoms with Crippen molar-refractivity contribution in [1.29, 1.82) is 0 Å². The van der Waals surface area contributed by atoms with E-state index in [1.54, 1.807) is 30.3 Å². The Kier molecular flexibility index (Phi) is 5.69. The molecule has 0 radical (unpaired) electrons. The van der Waals surface area contributed by atoms with E-state index >= 15 is 4.39 Å². The number of aliphatic hydroxyl groups is 1. The second-order valence-corrected chi connectivity index (χ2v) is 9.33. The molecule has 0 spiro atoms. The topological polar surface area (TPSA) is 147 Å². The average Bonchev–Trinajstić information content (AvgIpc) is 3.47. The zero-order chi connectivity index (χ0) is 23.2. The monoisotopic (exact) mass is 478 g/mol. The van der Waals surface area contributed by atoms with E-state index in [1.807, 2.05) is 0 Å². The fourth-order valence-corrected chi connectivity index (χ4v) is 4.48. The number of nitrogens with two attached hydrogens (primary N) is 1. The van der Waals surface area contributed by atoms with E-state index in [0.29, 0.717) is 23.1 Å². The van der Waals surface area contributed by atoms with Gasteiger partial charge in [-0.1, -0.05) is 18.2 Å². The Labute approximate surface area is 189 Å². The van der Waals surface area contributed by atoms with E-state index in [9.17, 15) is 9.67 Å². The number of ether oxygens (including phenoxy) is 1. The molecule has 3 heterocycles. The smallest absolute Gasteiger partial charge is 0.367 e. The number of imidazole rings is 1. The van der Waals surface area contributed by atoms with E-state index in [4.69, 9.17) is 19.5 Å². The summed E-state index contributed by atoms with van der Waals surface area (Å²) in [6.45, 7) is 1.12. The summed E-state index contributed by atoms with van der Waals surface area (Å²) in [7, 11) is -2.96. The van der Waals surface area contributed by atoms with Gasteiger partial charge in [-0.2, -0.15) is 9.97 Å². The van der Waals surface area contributed by atoms with Crippen LogP contribution in [0.4, 0.5) is 16.2 Å². The highest BCUT2D eigenvalue weighted by atomic mass is 31.1. The first-order chi connectivity index (χ1) is 15.8. The minimum absolute atomic E-state index is 0.00380. The number of hydrogen-bond donors (Lipinski definition) is 3. The van der Waals surface area contributed by atoms with Crippen LogP contribution in [-0.4, -0.2) is 55.2 Å². The largest absolute Gasteiger partial charge is 0.426 e. The van der Waals surface area contributed by atoms with Gasteiger partial charge in [0, 0.05) is 6.04 Å². The quantitative estimate of drug-likeness (QED) is 0.413. The molecule has 11 nitrogen and oxygen atoms in total. The summed E-state index contributed by atoms with van der Waals surface area (Å²) >= 11 is 0. The molecule has 2 fully saturated rings. The van der Waals surface area contributed by atoms with Gasteiger partial charge >= 0.3 is 8.25 Å². The molecular formula is C20H24FN6O5P. The van der Waals surface area contributed by atoms with Crippen molar-refractivity contribution in [3.05, 3.63) is 36.7 Å². The van der Waals surface area contributed by atoms with Gasteiger partial charge in [0.2, 0.25) is 5.95 Å². The Hall–Kier alpha value is -2.79. The Morgan fingerprint density at radius 3 is 2.85 bits per heavy atom. The van der Waals surface area contributed by atoms with Crippen LogP contribution in [0, 0.1) is 0 Å². The first-order valence-electron chi connectivity index (χ1n) is 10.5. The molecule has 3 aromatic rings. The summed E-state index contributed by atoms with van der Waals surface area (Å²) in [5, 5.41) is 13.8. The average molecular weight is 478 g/mol. The summed E-state index contributed by atoms with van der Waals surface area (Å²) < 4.78 is 45.2. The van der Waals surface area contributed by atoms with Gasteiger partial charge in [-0.3, -0.25) is 9.09 Å². The molecule has 4 N–H and O–H groups in total. The van der Waals surface area contributed by atoms with E-state index < -0.39 is 32.4 Å². The number of nitrogen functional groups attached to an aromatic ring is 1. The van der Waals surface area contributed by atoms with Gasteiger partial charge in [0.05, 0.1) is 12.9 Å². The van der Waals surface area contributed by atoms with Gasteiger partial charge in [-0.15, -0.1) is 0 Å². The van der Waals surface area contributed by atoms with Crippen LogP contribution < -0.4 is 15.6 Å². The van der Waals surface area contributed by atoms with Crippen LogP contribution in [0.1, 0.15) is 26.0 Å². The van der Waals surface area contributed by atoms with E-state index in [2.05, 4.69) is 20.3 Å². The standard InChI is InChI=1S/C20H24FN6O5P/c1-20(9-30-33(29)32-12-5-3-2-4-6-12)15(28)13(21)18(31-20)27-10-23-14-16(24-11-7-8-11)25-19(22)26-17(14)27/h2-6,10-11,13,15,18,28,33H,7-9H2,1H3,(H3,22,24,25,26)/t13-,15+,18-,20-/m1/s1. The molecule has 0 amide bonds. The second-order valence-electron chi connectivity index (χ2n) is 8.34. The molecule has 1 aliphatic carbocycles. The number of alkyl halides is 1. The first kappa shape index (κ1) is 22.0. The SMILES string of the molecule is C[C@]1(CO[PH](=O)Oc2ccccc2)O[C@@H](n2cnc3c(NC4CC4)nc(N)nc32)[C@H](F)[C@@H]1O. The third kappa shape index (κ3) is 4.39. The van der Waals surface area contributed by atoms with Crippen LogP contribution in [0.15, 0.2) is 36.7 Å². The highest BCUT2D eigenvalue weighted by Gasteiger charge is 2.54. The lowest BCUT2D eigenvalue weighted by atomic mass is 9.99. The first-order valence-corrected chi connectivity index (χ1v) is 11.7. The van der Waals surface area contributed by atoms with Gasteiger partial charge in [0.25, 0.3) is 0 Å². The molecule has 1 aromatic carbocycles. The number of hydrogen-bond acceptors (Lipinski definition) is 10. The van der Waals surface area contributed by atoms with Crippen molar-refractivity contribution in [3.63, 3.8) is 0 Å². The Morgan fingerprint density at radius 1 is 1.36 bits per heavy atom. The summed E-state index contributed by atoms with van der Waals surface area (Å²) in [6, 6.07) is 8.81. The number of nitrogens with one attached hydrogen (secondary N) is 1. The fourth-order valence-electron chi connectivity index (χ4n) is 3.69. The van der Waals surface area contributed by atoms with E-state index in [0.717, 1.165) is 12.8 Å². The number of benzene rings is 1. The molecule has 2 aliphatic rings. The number of rotatable bonds is 8. The number of anilines is 2. The van der Waals surface area contributed by atoms with Crippen molar-refractivity contribution in [2.75, 3.05) is 17.7 Å². The maximum Gasteiger partial charge on any atom is 0.367 e. The number of nitrogens with zero attached hydrogens (tertiary/aromatic N) is 4. The normalized spacial score (nSPS) is 28.2. The molecule has 1 saturated heterocycles. The maximum absolute atomic E-state index is 15.2. The van der Waals surface area contributed by atoms with Crippen molar-refractivity contribution >= 4 is 31.2 Å². The van der Waals surface area contributed by atoms with Gasteiger partial charge in [-0.25, -0.2) is 13.9 Å². The zero-order valence-corrected chi connectivity index (χ0v) is 18.7. The van der Waals surface area contributed by atoms with E-state index in [1.165, 1.54) is 17.8 Å². The second kappa shape index (κ2) is 8.53. The Balaban J connectivity index is 1.33. The van der Waals surface area contributed by atoms with Crippen LogP contribution in [0.5, 0.6) is 5.75 Å². The molecule has 5 atom stereocenters. The molecule has 13 heteroatoms. The van der Waals surface area contributed by atoms with Crippen molar-refractivity contribution < 1.29 is 27.8 Å². The summed E-state index contributed by atoms with van der Waals surface area (Å²) in [5.74, 6) is 0.845. The van der Waals surface area contributed by atoms with Crippen LogP contribution in [0.2, 0.25) is 0 Å². The summed E-state index contributed by atoms with van der Waals surface area (Å²) in [5.41, 5.74) is 5.06. The minimum atomic E-state index is -2.96. The van der Waals surface area contributed by atoms with Crippen molar-refractivity contribution in [2.24, 2.45) is 0 Å². The van der Waals surface area contributed by atoms with E-state index in [-0.39, 0.29) is 18.2 Å². The Bertz CT molecular complexity index is 1180. The molecule has 5 rings (SSSR count). The molecule has 1 aliphatic heterocycles. The Morgan fingerprint density at radius 2 is 2.12 bits per heavy atom. The van der Waals surface area contributed by atoms with Crippen LogP contribution in [0.3, 0.4) is 0 Å². The fraction of sp³-hybridized carbons (Fsp3) is 0.450. The summed E-state index contributed by atoms with van der Waals surface area (Å²) in [4.78, 5) is 12.7. The van der Waals surface area contributed by atoms with Gasteiger partial charge in [0.1, 0.15) is 17.5 Å². The van der Waals surface area contributed by atoms with Crippen molar-refractivity contribution in [1.82, 2.24) is 19.5 Å². The number of aliphatic hydroxyl groups excluding tert-OH is 1. The van der Waals surface area contributed by atoms with Crippen LogP contribution in [0.25, 0.3) is 11.2 Å². The third-order valence-electron chi connectivity index (χ3n) is 5.64. The molecule has 0 bridgehead atoms.